The third kappa shape index (κ3) is 3.99. The van der Waals surface area contributed by atoms with E-state index in [0.717, 1.165) is 0 Å². The number of hydrogen-bond acceptors (Lipinski definition) is 6. The third-order valence-electron chi connectivity index (χ3n) is 7.49. The summed E-state index contributed by atoms with van der Waals surface area (Å²) in [5.74, 6) is -2.30. The Morgan fingerprint density at radius 3 is 2.63 bits per heavy atom. The van der Waals surface area contributed by atoms with Crippen LogP contribution in [0, 0.1) is 17.8 Å². The highest BCUT2D eigenvalue weighted by atomic mass is 35.5. The maximum atomic E-state index is 14.3. The minimum absolute atomic E-state index is 0.00976. The van der Waals surface area contributed by atoms with Crippen LogP contribution in [-0.2, 0) is 19.1 Å². The summed E-state index contributed by atoms with van der Waals surface area (Å²) in [6, 6.07) is 5.49. The molecule has 1 N–H and O–H groups in total. The highest BCUT2D eigenvalue weighted by Gasteiger charge is 2.77. The summed E-state index contributed by atoms with van der Waals surface area (Å²) >= 11 is 7.64. The van der Waals surface area contributed by atoms with Crippen LogP contribution in [0.4, 0.5) is 5.69 Å². The number of aliphatic hydroxyl groups is 1. The van der Waals surface area contributed by atoms with E-state index in [-0.39, 0.29) is 42.7 Å². The molecule has 0 saturated carbocycles. The highest BCUT2D eigenvalue weighted by Crippen LogP contribution is 2.69. The van der Waals surface area contributed by atoms with Crippen molar-refractivity contribution < 1.29 is 24.2 Å². The molecule has 1 aromatic rings. The average molecular weight is 519 g/mol. The number of halogens is 1. The minimum atomic E-state index is -0.847. The van der Waals surface area contributed by atoms with Gasteiger partial charge in [-0.1, -0.05) is 37.3 Å². The summed E-state index contributed by atoms with van der Waals surface area (Å²) < 4.78 is 4.59. The Balaban J connectivity index is 1.81. The first-order chi connectivity index (χ1) is 16.7. The van der Waals surface area contributed by atoms with Crippen molar-refractivity contribution in [3.05, 3.63) is 54.6 Å². The van der Waals surface area contributed by atoms with Crippen LogP contribution >= 0.6 is 23.4 Å². The number of fused-ring (bicyclic) bond motifs is 1. The van der Waals surface area contributed by atoms with Crippen molar-refractivity contribution in [3.63, 3.8) is 0 Å². The fraction of sp³-hybridized carbons (Fsp3) is 0.500. The van der Waals surface area contributed by atoms with E-state index in [2.05, 4.69) is 13.2 Å². The van der Waals surface area contributed by atoms with Crippen molar-refractivity contribution in [2.45, 2.75) is 42.3 Å². The monoisotopic (exact) mass is 518 g/mol. The van der Waals surface area contributed by atoms with E-state index >= 15 is 0 Å². The molecule has 3 aliphatic heterocycles. The lowest BCUT2D eigenvalue weighted by Gasteiger charge is -2.41. The number of amides is 2. The second-order valence-electron chi connectivity index (χ2n) is 9.46. The molecule has 7 nitrogen and oxygen atoms in total. The number of anilines is 1. The van der Waals surface area contributed by atoms with Crippen LogP contribution in [0.3, 0.4) is 0 Å². The Hall–Kier alpha value is -2.29. The summed E-state index contributed by atoms with van der Waals surface area (Å²) in [5.41, 5.74) is 0.635. The van der Waals surface area contributed by atoms with Crippen LogP contribution in [0.15, 0.2) is 49.6 Å². The van der Waals surface area contributed by atoms with Gasteiger partial charge in [0, 0.05) is 22.5 Å². The lowest BCUT2D eigenvalue weighted by molar-refractivity contribution is -0.153. The number of benzene rings is 1. The van der Waals surface area contributed by atoms with Crippen molar-refractivity contribution in [2.75, 3.05) is 24.7 Å². The number of hydrogen-bond donors (Lipinski definition) is 1. The zero-order valence-electron chi connectivity index (χ0n) is 19.9. The SMILES string of the molecule is C=CCOC(=O)[C@@H]1[C@@H]2CC(C)C3(S2)C(C(=O)N(CC=C)c2ccc(Cl)cc2)N([C@H](C)CO)C(=O)[C@H]13. The summed E-state index contributed by atoms with van der Waals surface area (Å²) in [4.78, 5) is 44.5. The number of aliphatic hydroxyl groups excluding tert-OH is 1. The van der Waals surface area contributed by atoms with Gasteiger partial charge in [-0.3, -0.25) is 14.4 Å². The van der Waals surface area contributed by atoms with Gasteiger partial charge in [0.2, 0.25) is 5.91 Å². The van der Waals surface area contributed by atoms with E-state index in [1.807, 2.05) is 6.92 Å². The van der Waals surface area contributed by atoms with Crippen LogP contribution in [0.1, 0.15) is 20.3 Å². The summed E-state index contributed by atoms with van der Waals surface area (Å²) in [7, 11) is 0. The lowest BCUT2D eigenvalue weighted by atomic mass is 9.66. The van der Waals surface area contributed by atoms with E-state index in [0.29, 0.717) is 17.1 Å². The first-order valence-corrected chi connectivity index (χ1v) is 13.0. The molecule has 3 unspecified atom stereocenters. The minimum Gasteiger partial charge on any atom is -0.461 e. The fourth-order valence-corrected chi connectivity index (χ4v) is 8.54. The molecule has 0 radical (unpaired) electrons. The molecule has 3 heterocycles. The molecule has 35 heavy (non-hydrogen) atoms. The fourth-order valence-electron chi connectivity index (χ4n) is 6.03. The molecule has 3 saturated heterocycles. The molecule has 4 rings (SSSR count). The molecule has 0 aromatic heterocycles. The lowest BCUT2D eigenvalue weighted by Crippen LogP contribution is -2.59. The zero-order valence-corrected chi connectivity index (χ0v) is 21.5. The van der Waals surface area contributed by atoms with Gasteiger partial charge in [0.05, 0.1) is 29.2 Å². The van der Waals surface area contributed by atoms with Gasteiger partial charge in [-0.2, -0.15) is 0 Å². The van der Waals surface area contributed by atoms with Gasteiger partial charge in [-0.15, -0.1) is 18.3 Å². The second-order valence-corrected chi connectivity index (χ2v) is 11.4. The predicted molar refractivity (Wildman–Crippen MR) is 137 cm³/mol. The van der Waals surface area contributed by atoms with E-state index < -0.39 is 34.6 Å². The quantitative estimate of drug-likeness (QED) is 0.398. The first kappa shape index (κ1) is 25.8. The van der Waals surface area contributed by atoms with Crippen molar-refractivity contribution in [2.24, 2.45) is 17.8 Å². The molecule has 7 atom stereocenters. The van der Waals surface area contributed by atoms with Gasteiger partial charge in [0.15, 0.2) is 0 Å². The molecule has 2 amide bonds. The third-order valence-corrected chi connectivity index (χ3v) is 9.82. The second kappa shape index (κ2) is 9.99. The van der Waals surface area contributed by atoms with Gasteiger partial charge in [0.1, 0.15) is 12.6 Å². The van der Waals surface area contributed by atoms with Gasteiger partial charge < -0.3 is 19.6 Å². The summed E-state index contributed by atoms with van der Waals surface area (Å²) in [5, 5.41) is 10.5. The number of likely N-dealkylation sites (tertiary alicyclic amines) is 1. The average Bonchev–Trinajstić information content (AvgIpc) is 3.44. The predicted octanol–water partition coefficient (Wildman–Crippen LogP) is 3.31. The smallest absolute Gasteiger partial charge is 0.311 e. The number of esters is 1. The molecule has 1 spiro atoms. The number of carbonyl (C=O) groups is 3. The standard InChI is InChI=1S/C26H31ClN2O5S/c1-5-11-28(18-9-7-17(27)8-10-18)24(32)22-26-15(3)13-19(35-26)20(25(33)34-12-6-2)21(26)23(31)29(22)16(4)14-30/h5-10,15-16,19-22,30H,1-2,11-14H2,3-4H3/t15?,16-,19+,20-,21+,22?,26?/m1/s1. The van der Waals surface area contributed by atoms with Crippen molar-refractivity contribution in [3.8, 4) is 0 Å². The van der Waals surface area contributed by atoms with Crippen molar-refractivity contribution >= 4 is 46.8 Å². The van der Waals surface area contributed by atoms with Crippen molar-refractivity contribution in [1.82, 2.24) is 4.90 Å². The molecule has 3 fully saturated rings. The topological polar surface area (TPSA) is 87.2 Å². The number of carbonyl (C=O) groups excluding carboxylic acids is 3. The maximum absolute atomic E-state index is 14.3. The van der Waals surface area contributed by atoms with Crippen LogP contribution in [-0.4, -0.2) is 69.6 Å². The van der Waals surface area contributed by atoms with Gasteiger partial charge >= 0.3 is 5.97 Å². The number of thioether (sulfide) groups is 1. The molecular formula is C26H31ClN2O5S. The molecular weight excluding hydrogens is 488 g/mol. The maximum Gasteiger partial charge on any atom is 0.311 e. The molecule has 188 valence electrons. The molecule has 1 aromatic carbocycles. The summed E-state index contributed by atoms with van der Waals surface area (Å²) in [6.45, 7) is 11.2. The van der Waals surface area contributed by atoms with Gasteiger partial charge in [0.25, 0.3) is 5.91 Å². The normalized spacial score (nSPS) is 31.7. The van der Waals surface area contributed by atoms with Crippen LogP contribution in [0.5, 0.6) is 0 Å². The number of rotatable bonds is 9. The molecule has 0 aliphatic carbocycles. The highest BCUT2D eigenvalue weighted by molar-refractivity contribution is 8.02. The van der Waals surface area contributed by atoms with Crippen molar-refractivity contribution in [1.29, 1.82) is 0 Å². The Labute approximate surface area is 215 Å². The number of ether oxygens (including phenoxy) is 1. The van der Waals surface area contributed by atoms with E-state index in [4.69, 9.17) is 16.3 Å². The first-order valence-electron chi connectivity index (χ1n) is 11.8. The van der Waals surface area contributed by atoms with E-state index in [1.54, 1.807) is 53.9 Å². The largest absolute Gasteiger partial charge is 0.461 e. The van der Waals surface area contributed by atoms with E-state index in [1.165, 1.54) is 11.0 Å². The Bertz CT molecular complexity index is 1030. The molecule has 9 heteroatoms. The van der Waals surface area contributed by atoms with Crippen LogP contribution in [0.25, 0.3) is 0 Å². The molecule has 2 bridgehead atoms. The van der Waals surface area contributed by atoms with Gasteiger partial charge in [-0.25, -0.2) is 0 Å². The van der Waals surface area contributed by atoms with Crippen LogP contribution < -0.4 is 4.90 Å². The zero-order chi connectivity index (χ0) is 25.5. The van der Waals surface area contributed by atoms with Crippen LogP contribution in [0.2, 0.25) is 5.02 Å². The number of nitrogens with zero attached hydrogens (tertiary/aromatic N) is 2. The Morgan fingerprint density at radius 2 is 2.03 bits per heavy atom. The molecule has 3 aliphatic rings. The summed E-state index contributed by atoms with van der Waals surface area (Å²) in [6.07, 6.45) is 3.84. The van der Waals surface area contributed by atoms with Gasteiger partial charge in [-0.05, 0) is 43.5 Å². The Kier molecular flexibility index (Phi) is 7.36. The van der Waals surface area contributed by atoms with E-state index in [9.17, 15) is 19.5 Å². The Morgan fingerprint density at radius 1 is 1.34 bits per heavy atom.